The molecule has 7 nitrogen and oxygen atoms in total. The third-order valence-corrected chi connectivity index (χ3v) is 6.31. The van der Waals surface area contributed by atoms with Gasteiger partial charge < -0.3 is 20.3 Å². The molecule has 2 aliphatic rings. The molecule has 1 heterocycles. The molecule has 1 saturated heterocycles. The maximum atomic E-state index is 12.0. The van der Waals surface area contributed by atoms with E-state index in [0.29, 0.717) is 18.1 Å². The first-order chi connectivity index (χ1) is 14.0. The largest absolute Gasteiger partial charge is 0.378 e. The molecule has 29 heavy (non-hydrogen) atoms. The van der Waals surface area contributed by atoms with E-state index >= 15 is 0 Å². The third-order valence-electron chi connectivity index (χ3n) is 6.31. The zero-order chi connectivity index (χ0) is 21.1. The molecule has 0 bridgehead atoms. The Hall–Kier alpha value is -1.34. The fourth-order valence-corrected chi connectivity index (χ4v) is 4.55. The normalized spacial score (nSPS) is 22.1. The van der Waals surface area contributed by atoms with Crippen LogP contribution in [-0.4, -0.2) is 87.2 Å². The molecule has 0 aromatic heterocycles. The molecule has 1 aliphatic carbocycles. The second-order valence-electron chi connectivity index (χ2n) is 8.51. The van der Waals surface area contributed by atoms with E-state index in [0.717, 1.165) is 38.6 Å². The van der Waals surface area contributed by atoms with Crippen molar-refractivity contribution >= 4 is 11.9 Å². The zero-order valence-electron chi connectivity index (χ0n) is 19.1. The number of likely N-dealkylation sites (N-methyl/N-ethyl adjacent to an activating group) is 2. The Morgan fingerprint density at radius 3 is 2.59 bits per heavy atom. The fourth-order valence-electron chi connectivity index (χ4n) is 4.55. The van der Waals surface area contributed by atoms with Crippen LogP contribution >= 0.6 is 0 Å². The molecule has 7 heteroatoms. The number of amides is 1. The van der Waals surface area contributed by atoms with Crippen LogP contribution in [0.25, 0.3) is 0 Å². The first-order valence-corrected chi connectivity index (χ1v) is 11.6. The average molecular weight is 410 g/mol. The highest BCUT2D eigenvalue weighted by atomic mass is 16.5. The van der Waals surface area contributed by atoms with E-state index in [1.165, 1.54) is 45.1 Å². The van der Waals surface area contributed by atoms with Crippen molar-refractivity contribution in [2.75, 3.05) is 53.4 Å². The molecular formula is C22H43N5O2. The Kier molecular flexibility index (Phi) is 10.8. The second kappa shape index (κ2) is 13.1. The van der Waals surface area contributed by atoms with Crippen molar-refractivity contribution in [3.8, 4) is 0 Å². The van der Waals surface area contributed by atoms with Crippen LogP contribution in [0.1, 0.15) is 58.8 Å². The van der Waals surface area contributed by atoms with Gasteiger partial charge in [-0.2, -0.15) is 0 Å². The molecule has 2 unspecified atom stereocenters. The second-order valence-corrected chi connectivity index (χ2v) is 8.51. The molecule has 168 valence electrons. The lowest BCUT2D eigenvalue weighted by atomic mass is 9.98. The van der Waals surface area contributed by atoms with E-state index in [-0.39, 0.29) is 12.5 Å². The Morgan fingerprint density at radius 1 is 1.17 bits per heavy atom. The number of hydrogen-bond acceptors (Lipinski definition) is 4. The summed E-state index contributed by atoms with van der Waals surface area (Å²) in [5.41, 5.74) is 0. The highest BCUT2D eigenvalue weighted by molar-refractivity contribution is 5.84. The standard InChI is InChI=1S/C22H43N5O2/c1-5-27-15-9-12-19(27)16-24-22(25-17-21(28)26(3)4)23-14-13-20(29-6-2)18-10-7-8-11-18/h18-20H,5-17H2,1-4H3,(H2,23,24,25). The minimum atomic E-state index is 0.0142. The first-order valence-electron chi connectivity index (χ1n) is 11.6. The monoisotopic (exact) mass is 409 g/mol. The summed E-state index contributed by atoms with van der Waals surface area (Å²) in [6.45, 7) is 9.19. The van der Waals surface area contributed by atoms with Crippen LogP contribution in [0.2, 0.25) is 0 Å². The average Bonchev–Trinajstić information content (AvgIpc) is 3.40. The highest BCUT2D eigenvalue weighted by Gasteiger charge is 2.25. The molecule has 2 fully saturated rings. The van der Waals surface area contributed by atoms with Gasteiger partial charge in [0.25, 0.3) is 0 Å². The number of carbonyl (C=O) groups excluding carboxylic acids is 1. The summed E-state index contributed by atoms with van der Waals surface area (Å²) in [5, 5.41) is 6.93. The van der Waals surface area contributed by atoms with E-state index in [1.807, 2.05) is 0 Å². The van der Waals surface area contributed by atoms with Gasteiger partial charge in [0.1, 0.15) is 6.54 Å². The van der Waals surface area contributed by atoms with Crippen molar-refractivity contribution in [2.24, 2.45) is 10.9 Å². The minimum Gasteiger partial charge on any atom is -0.378 e. The number of likely N-dealkylation sites (tertiary alicyclic amines) is 1. The van der Waals surface area contributed by atoms with Crippen LogP contribution in [0.5, 0.6) is 0 Å². The maximum Gasteiger partial charge on any atom is 0.243 e. The molecule has 1 saturated carbocycles. The lowest BCUT2D eigenvalue weighted by molar-refractivity contribution is -0.127. The number of hydrogen-bond donors (Lipinski definition) is 2. The lowest BCUT2D eigenvalue weighted by Gasteiger charge is -2.25. The van der Waals surface area contributed by atoms with Crippen LogP contribution in [0.4, 0.5) is 0 Å². The number of rotatable bonds is 11. The quantitative estimate of drug-likeness (QED) is 0.404. The Labute approximate surface area is 177 Å². The van der Waals surface area contributed by atoms with Gasteiger partial charge in [-0.15, -0.1) is 0 Å². The van der Waals surface area contributed by atoms with Gasteiger partial charge in [-0.25, -0.2) is 4.99 Å². The van der Waals surface area contributed by atoms with Crippen molar-refractivity contribution in [2.45, 2.75) is 70.9 Å². The molecule has 0 aromatic rings. The number of carbonyl (C=O) groups is 1. The van der Waals surface area contributed by atoms with Gasteiger partial charge in [-0.1, -0.05) is 19.8 Å². The van der Waals surface area contributed by atoms with Gasteiger partial charge in [0.2, 0.25) is 5.91 Å². The van der Waals surface area contributed by atoms with Crippen LogP contribution in [0.15, 0.2) is 4.99 Å². The Morgan fingerprint density at radius 2 is 1.93 bits per heavy atom. The van der Waals surface area contributed by atoms with E-state index in [9.17, 15) is 4.79 Å². The fraction of sp³-hybridized carbons (Fsp3) is 0.909. The van der Waals surface area contributed by atoms with Crippen molar-refractivity contribution in [3.63, 3.8) is 0 Å². The zero-order valence-corrected chi connectivity index (χ0v) is 19.1. The van der Waals surface area contributed by atoms with Crippen molar-refractivity contribution in [1.29, 1.82) is 0 Å². The predicted octanol–water partition coefficient (Wildman–Crippen LogP) is 2.08. The summed E-state index contributed by atoms with van der Waals surface area (Å²) in [7, 11) is 3.54. The number of nitrogens with zero attached hydrogens (tertiary/aromatic N) is 3. The molecule has 2 rings (SSSR count). The van der Waals surface area contributed by atoms with Crippen LogP contribution in [-0.2, 0) is 9.53 Å². The van der Waals surface area contributed by atoms with E-state index in [2.05, 4.69) is 34.4 Å². The van der Waals surface area contributed by atoms with E-state index in [1.54, 1.807) is 19.0 Å². The van der Waals surface area contributed by atoms with Crippen LogP contribution in [0.3, 0.4) is 0 Å². The smallest absolute Gasteiger partial charge is 0.243 e. The van der Waals surface area contributed by atoms with Gasteiger partial charge >= 0.3 is 0 Å². The third kappa shape index (κ3) is 8.13. The number of guanidine groups is 1. The van der Waals surface area contributed by atoms with E-state index in [4.69, 9.17) is 4.74 Å². The van der Waals surface area contributed by atoms with Crippen molar-refractivity contribution in [1.82, 2.24) is 20.4 Å². The molecule has 1 amide bonds. The summed E-state index contributed by atoms with van der Waals surface area (Å²) in [4.78, 5) is 20.6. The molecule has 0 aromatic carbocycles. The summed E-state index contributed by atoms with van der Waals surface area (Å²) in [6, 6.07) is 0.547. The molecule has 0 spiro atoms. The van der Waals surface area contributed by atoms with Gasteiger partial charge in [0.15, 0.2) is 5.96 Å². The predicted molar refractivity (Wildman–Crippen MR) is 119 cm³/mol. The molecular weight excluding hydrogens is 366 g/mol. The Bertz CT molecular complexity index is 505. The van der Waals surface area contributed by atoms with Crippen molar-refractivity contribution < 1.29 is 9.53 Å². The summed E-state index contributed by atoms with van der Waals surface area (Å²) >= 11 is 0. The van der Waals surface area contributed by atoms with Gasteiger partial charge in [-0.3, -0.25) is 9.69 Å². The Balaban J connectivity index is 1.87. The van der Waals surface area contributed by atoms with Gasteiger partial charge in [0.05, 0.1) is 6.10 Å². The molecule has 2 N–H and O–H groups in total. The molecule has 1 aliphatic heterocycles. The molecule has 2 atom stereocenters. The maximum absolute atomic E-state index is 12.0. The van der Waals surface area contributed by atoms with Crippen molar-refractivity contribution in [3.05, 3.63) is 0 Å². The van der Waals surface area contributed by atoms with Gasteiger partial charge in [0, 0.05) is 39.8 Å². The number of nitrogens with one attached hydrogen (secondary N) is 2. The van der Waals surface area contributed by atoms with Crippen LogP contribution < -0.4 is 10.6 Å². The van der Waals surface area contributed by atoms with E-state index < -0.39 is 0 Å². The summed E-state index contributed by atoms with van der Waals surface area (Å²) in [5.74, 6) is 1.45. The molecule has 0 radical (unpaired) electrons. The summed E-state index contributed by atoms with van der Waals surface area (Å²) < 4.78 is 6.04. The topological polar surface area (TPSA) is 69.2 Å². The lowest BCUT2D eigenvalue weighted by Crippen LogP contribution is -2.46. The SMILES string of the molecule is CCOC(CCNC(=NCC(=O)N(C)C)NCC1CCCN1CC)C1CCCC1. The summed E-state index contributed by atoms with van der Waals surface area (Å²) in [6.07, 6.45) is 9.02. The first kappa shape index (κ1) is 23.9. The van der Waals surface area contributed by atoms with Gasteiger partial charge in [-0.05, 0) is 58.0 Å². The number of aliphatic imine (C=N–C) groups is 1. The van der Waals surface area contributed by atoms with Crippen LogP contribution in [0, 0.1) is 5.92 Å². The highest BCUT2D eigenvalue weighted by Crippen LogP contribution is 2.30. The number of ether oxygens (including phenoxy) is 1. The minimum absolute atomic E-state index is 0.0142.